The number of hydrogen-bond acceptors (Lipinski definition) is 3. The molecule has 2 N–H and O–H groups in total. The average Bonchev–Trinajstić information content (AvgIpc) is 2.26. The molecule has 18 heavy (non-hydrogen) atoms. The first-order valence-electron chi connectivity index (χ1n) is 5.26. The maximum Gasteiger partial charge on any atom is 0.417 e. The number of halogens is 3. The molecule has 0 spiro atoms. The fraction of sp³-hybridized carbons (Fsp3) is 0.455. The Kier molecular flexibility index (Phi) is 4.28. The Bertz CT molecular complexity index is 415. The molecular formula is C11H14F3N3O. The minimum absolute atomic E-state index is 0.0360. The number of alkyl halides is 3. The molecule has 0 saturated heterocycles. The molecule has 0 aliphatic heterocycles. The number of amides is 1. The molecular weight excluding hydrogens is 247 g/mol. The molecule has 1 unspecified atom stereocenters. The Hall–Kier alpha value is -1.63. The van der Waals surface area contributed by atoms with Crippen molar-refractivity contribution >= 4 is 5.91 Å². The van der Waals surface area contributed by atoms with Gasteiger partial charge in [0.2, 0.25) is 0 Å². The van der Waals surface area contributed by atoms with E-state index in [4.69, 9.17) is 5.73 Å². The van der Waals surface area contributed by atoms with Crippen LogP contribution in [0.3, 0.4) is 0 Å². The predicted octanol–water partition coefficient (Wildman–Crippen LogP) is 1.52. The molecule has 1 amide bonds. The number of likely N-dealkylation sites (N-methyl/N-ethyl adjacent to an activating group) is 1. The molecule has 1 aromatic rings. The number of aromatic nitrogens is 1. The summed E-state index contributed by atoms with van der Waals surface area (Å²) >= 11 is 0. The first kappa shape index (κ1) is 14.4. The maximum atomic E-state index is 12.3. The summed E-state index contributed by atoms with van der Waals surface area (Å²) in [7, 11) is 1.52. The number of pyridine rings is 1. The number of hydrogen-bond donors (Lipinski definition) is 1. The molecule has 1 atom stereocenters. The van der Waals surface area contributed by atoms with Crippen molar-refractivity contribution in [1.82, 2.24) is 9.88 Å². The van der Waals surface area contributed by atoms with Crippen LogP contribution in [-0.2, 0) is 6.18 Å². The molecule has 0 aliphatic rings. The quantitative estimate of drug-likeness (QED) is 0.897. The van der Waals surface area contributed by atoms with E-state index in [9.17, 15) is 18.0 Å². The van der Waals surface area contributed by atoms with E-state index in [0.717, 1.165) is 12.1 Å². The zero-order chi connectivity index (χ0) is 13.9. The molecule has 7 heteroatoms. The average molecular weight is 261 g/mol. The first-order valence-corrected chi connectivity index (χ1v) is 5.26. The molecule has 1 heterocycles. The van der Waals surface area contributed by atoms with E-state index < -0.39 is 17.6 Å². The first-order chi connectivity index (χ1) is 8.21. The van der Waals surface area contributed by atoms with Gasteiger partial charge in [0.25, 0.3) is 5.91 Å². The SMILES string of the molecule is CC(N)CN(C)C(=O)c1ccc(C(F)(F)F)cn1. The summed E-state index contributed by atoms with van der Waals surface area (Å²) in [5, 5.41) is 0. The fourth-order valence-electron chi connectivity index (χ4n) is 1.40. The Labute approximate surface area is 103 Å². The van der Waals surface area contributed by atoms with Gasteiger partial charge in [-0.05, 0) is 19.1 Å². The van der Waals surface area contributed by atoms with E-state index in [1.54, 1.807) is 6.92 Å². The number of nitrogens with two attached hydrogens (primary N) is 1. The van der Waals surface area contributed by atoms with E-state index in [-0.39, 0.29) is 11.7 Å². The van der Waals surface area contributed by atoms with Crippen molar-refractivity contribution < 1.29 is 18.0 Å². The lowest BCUT2D eigenvalue weighted by molar-refractivity contribution is -0.137. The predicted molar refractivity (Wildman–Crippen MR) is 59.8 cm³/mol. The van der Waals surface area contributed by atoms with Gasteiger partial charge in [-0.25, -0.2) is 0 Å². The van der Waals surface area contributed by atoms with E-state index in [1.807, 2.05) is 0 Å². The van der Waals surface area contributed by atoms with Crippen LogP contribution in [0.15, 0.2) is 18.3 Å². The zero-order valence-corrected chi connectivity index (χ0v) is 10.0. The molecule has 1 aromatic heterocycles. The van der Waals surface area contributed by atoms with Crippen molar-refractivity contribution in [2.75, 3.05) is 13.6 Å². The van der Waals surface area contributed by atoms with Gasteiger partial charge < -0.3 is 10.6 Å². The monoisotopic (exact) mass is 261 g/mol. The summed E-state index contributed by atoms with van der Waals surface area (Å²) in [5.41, 5.74) is 4.61. The Morgan fingerprint density at radius 1 is 1.50 bits per heavy atom. The highest BCUT2D eigenvalue weighted by atomic mass is 19.4. The highest BCUT2D eigenvalue weighted by Gasteiger charge is 2.31. The van der Waals surface area contributed by atoms with Crippen molar-refractivity contribution in [3.8, 4) is 0 Å². The minimum Gasteiger partial charge on any atom is -0.339 e. The Morgan fingerprint density at radius 3 is 2.50 bits per heavy atom. The minimum atomic E-state index is -4.45. The van der Waals surface area contributed by atoms with Gasteiger partial charge in [0.1, 0.15) is 5.69 Å². The molecule has 1 rings (SSSR count). The molecule has 4 nitrogen and oxygen atoms in total. The van der Waals surface area contributed by atoms with Crippen LogP contribution < -0.4 is 5.73 Å². The number of carbonyl (C=O) groups excluding carboxylic acids is 1. The third-order valence-electron chi connectivity index (χ3n) is 2.22. The molecule has 0 bridgehead atoms. The maximum absolute atomic E-state index is 12.3. The summed E-state index contributed by atoms with van der Waals surface area (Å²) in [6, 6.07) is 1.68. The molecule has 100 valence electrons. The lowest BCUT2D eigenvalue weighted by atomic mass is 10.2. The van der Waals surface area contributed by atoms with Crippen molar-refractivity contribution in [2.45, 2.75) is 19.1 Å². The van der Waals surface area contributed by atoms with Gasteiger partial charge in [0.05, 0.1) is 5.56 Å². The van der Waals surface area contributed by atoms with Crippen molar-refractivity contribution in [3.63, 3.8) is 0 Å². The second-order valence-corrected chi connectivity index (χ2v) is 4.09. The molecule has 0 aliphatic carbocycles. The van der Waals surface area contributed by atoms with E-state index in [2.05, 4.69) is 4.98 Å². The number of rotatable bonds is 3. The van der Waals surface area contributed by atoms with E-state index in [0.29, 0.717) is 12.7 Å². The van der Waals surface area contributed by atoms with Gasteiger partial charge in [-0.2, -0.15) is 13.2 Å². The van der Waals surface area contributed by atoms with Gasteiger partial charge >= 0.3 is 6.18 Å². The molecule has 0 radical (unpaired) electrons. The number of nitrogens with zero attached hydrogens (tertiary/aromatic N) is 2. The van der Waals surface area contributed by atoms with Crippen LogP contribution in [0.1, 0.15) is 23.0 Å². The largest absolute Gasteiger partial charge is 0.417 e. The van der Waals surface area contributed by atoms with Gasteiger partial charge in [-0.1, -0.05) is 0 Å². The van der Waals surface area contributed by atoms with Crippen LogP contribution in [0, 0.1) is 0 Å². The third-order valence-corrected chi connectivity index (χ3v) is 2.22. The van der Waals surface area contributed by atoms with Gasteiger partial charge in [0.15, 0.2) is 0 Å². The lowest BCUT2D eigenvalue weighted by Gasteiger charge is -2.18. The highest BCUT2D eigenvalue weighted by molar-refractivity contribution is 5.92. The summed E-state index contributed by atoms with van der Waals surface area (Å²) in [6.07, 6.45) is -3.81. The van der Waals surface area contributed by atoms with Crippen LogP contribution in [0.25, 0.3) is 0 Å². The van der Waals surface area contributed by atoms with Crippen LogP contribution in [0.5, 0.6) is 0 Å². The fourth-order valence-corrected chi connectivity index (χ4v) is 1.40. The summed E-state index contributed by atoms with van der Waals surface area (Å²) in [5.74, 6) is -0.457. The molecule has 0 aromatic carbocycles. The normalized spacial score (nSPS) is 13.2. The lowest BCUT2D eigenvalue weighted by Crippen LogP contribution is -2.37. The highest BCUT2D eigenvalue weighted by Crippen LogP contribution is 2.28. The topological polar surface area (TPSA) is 59.2 Å². The van der Waals surface area contributed by atoms with Gasteiger partial charge in [0, 0.05) is 25.8 Å². The zero-order valence-electron chi connectivity index (χ0n) is 10.0. The second-order valence-electron chi connectivity index (χ2n) is 4.09. The standard InChI is InChI=1S/C11H14F3N3O/c1-7(15)6-17(2)10(18)9-4-3-8(5-16-9)11(12,13)14/h3-5,7H,6,15H2,1-2H3. The summed E-state index contributed by atoms with van der Waals surface area (Å²) in [4.78, 5) is 16.6. The summed E-state index contributed by atoms with van der Waals surface area (Å²) in [6.45, 7) is 2.03. The summed E-state index contributed by atoms with van der Waals surface area (Å²) < 4.78 is 36.9. The van der Waals surface area contributed by atoms with E-state index >= 15 is 0 Å². The van der Waals surface area contributed by atoms with Gasteiger partial charge in [-0.15, -0.1) is 0 Å². The van der Waals surface area contributed by atoms with Crippen molar-refractivity contribution in [2.24, 2.45) is 5.73 Å². The smallest absolute Gasteiger partial charge is 0.339 e. The van der Waals surface area contributed by atoms with Crippen molar-refractivity contribution in [3.05, 3.63) is 29.6 Å². The van der Waals surface area contributed by atoms with Crippen LogP contribution in [0.2, 0.25) is 0 Å². The third kappa shape index (κ3) is 3.69. The van der Waals surface area contributed by atoms with Crippen LogP contribution in [-0.4, -0.2) is 35.4 Å². The second kappa shape index (κ2) is 5.34. The molecule has 0 saturated carbocycles. The van der Waals surface area contributed by atoms with Crippen LogP contribution in [0.4, 0.5) is 13.2 Å². The van der Waals surface area contributed by atoms with Crippen LogP contribution >= 0.6 is 0 Å². The molecule has 0 fully saturated rings. The number of carbonyl (C=O) groups is 1. The Morgan fingerprint density at radius 2 is 2.11 bits per heavy atom. The van der Waals surface area contributed by atoms with Gasteiger partial charge in [-0.3, -0.25) is 9.78 Å². The van der Waals surface area contributed by atoms with Crippen molar-refractivity contribution in [1.29, 1.82) is 0 Å². The Balaban J connectivity index is 2.82. The van der Waals surface area contributed by atoms with E-state index in [1.165, 1.54) is 11.9 Å².